The van der Waals surface area contributed by atoms with Crippen molar-refractivity contribution in [2.45, 2.75) is 26.2 Å². The van der Waals surface area contributed by atoms with Gasteiger partial charge in [0.2, 0.25) is 5.13 Å². The van der Waals surface area contributed by atoms with Gasteiger partial charge in [-0.25, -0.2) is 23.2 Å². The second-order valence-electron chi connectivity index (χ2n) is 5.84. The van der Waals surface area contributed by atoms with E-state index < -0.39 is 29.6 Å². The van der Waals surface area contributed by atoms with Crippen LogP contribution in [0.1, 0.15) is 28.5 Å². The quantitative estimate of drug-likeness (QED) is 0.429. The third-order valence-corrected chi connectivity index (χ3v) is 4.69. The Morgan fingerprint density at radius 2 is 1.96 bits per heavy atom. The average molecular weight is 413 g/mol. The number of ether oxygens (including phenoxy) is 1. The van der Waals surface area contributed by atoms with E-state index in [4.69, 9.17) is 4.74 Å². The van der Waals surface area contributed by atoms with E-state index in [1.807, 2.05) is 19.1 Å². The number of hydrogen-bond donors (Lipinski definition) is 0. The van der Waals surface area contributed by atoms with E-state index in [0.29, 0.717) is 10.4 Å². The van der Waals surface area contributed by atoms with Crippen LogP contribution in [0, 0.1) is 6.92 Å². The van der Waals surface area contributed by atoms with Crippen molar-refractivity contribution in [1.82, 2.24) is 14.8 Å². The van der Waals surface area contributed by atoms with E-state index in [1.165, 1.54) is 6.92 Å². The summed E-state index contributed by atoms with van der Waals surface area (Å²) in [4.78, 5) is 16.2. The highest BCUT2D eigenvalue weighted by atomic mass is 32.1. The zero-order valence-corrected chi connectivity index (χ0v) is 15.6. The molecule has 0 unspecified atom stereocenters. The fourth-order valence-corrected chi connectivity index (χ4v) is 3.29. The number of rotatable bonds is 6. The van der Waals surface area contributed by atoms with E-state index in [0.717, 1.165) is 28.7 Å². The number of aromatic nitrogens is 3. The first-order chi connectivity index (χ1) is 13.3. The van der Waals surface area contributed by atoms with Gasteiger partial charge in [0.25, 0.3) is 0 Å². The number of alkyl halides is 4. The average Bonchev–Trinajstić information content (AvgIpc) is 3.29. The molecule has 3 aromatic rings. The smallest absolute Gasteiger partial charge is 0.350 e. The van der Waals surface area contributed by atoms with Crippen LogP contribution in [-0.2, 0) is 10.7 Å². The normalized spacial score (nSPS) is 11.8. The molecule has 0 amide bonds. The summed E-state index contributed by atoms with van der Waals surface area (Å²) in [6.07, 6.45) is -3.25. The van der Waals surface area contributed by atoms with Crippen molar-refractivity contribution >= 4 is 17.3 Å². The highest BCUT2D eigenvalue weighted by Crippen LogP contribution is 2.38. The lowest BCUT2D eigenvalue weighted by Crippen LogP contribution is -2.29. The molecular formula is C18H15F4N3O2S. The number of nitrogens with zero attached hydrogens (tertiary/aromatic N) is 3. The minimum atomic E-state index is -4.62. The third-order valence-electron chi connectivity index (χ3n) is 3.87. The fraction of sp³-hybridized carbons (Fsp3) is 0.278. The topological polar surface area (TPSA) is 57.0 Å². The van der Waals surface area contributed by atoms with Gasteiger partial charge < -0.3 is 4.74 Å². The van der Waals surface area contributed by atoms with E-state index in [1.54, 1.807) is 17.5 Å². The van der Waals surface area contributed by atoms with Gasteiger partial charge in [0.1, 0.15) is 11.3 Å². The first-order valence-electron chi connectivity index (χ1n) is 8.20. The summed E-state index contributed by atoms with van der Waals surface area (Å²) in [5, 5.41) is 5.24. The third kappa shape index (κ3) is 3.64. The van der Waals surface area contributed by atoms with E-state index in [2.05, 4.69) is 10.1 Å². The van der Waals surface area contributed by atoms with Gasteiger partial charge in [-0.1, -0.05) is 29.8 Å². The first-order valence-corrected chi connectivity index (χ1v) is 9.08. The number of carbonyl (C=O) groups excluding carboxylic acids is 1. The molecule has 0 saturated heterocycles. The lowest BCUT2D eigenvalue weighted by molar-refractivity contribution is -0.139. The van der Waals surface area contributed by atoms with Crippen LogP contribution in [-0.4, -0.2) is 33.8 Å². The number of benzene rings is 1. The van der Waals surface area contributed by atoms with Gasteiger partial charge in [-0.3, -0.25) is 0 Å². The van der Waals surface area contributed by atoms with Crippen molar-refractivity contribution in [1.29, 1.82) is 0 Å². The maximum Gasteiger partial charge on any atom is 0.350 e. The Bertz CT molecular complexity index is 983. The zero-order chi connectivity index (χ0) is 20.5. The molecule has 3 rings (SSSR count). The predicted octanol–water partition coefficient (Wildman–Crippen LogP) is 4.84. The van der Waals surface area contributed by atoms with Gasteiger partial charge in [0.15, 0.2) is 0 Å². The van der Waals surface area contributed by atoms with Crippen LogP contribution in [0.4, 0.5) is 17.6 Å². The summed E-state index contributed by atoms with van der Waals surface area (Å²) in [7, 11) is 0. The molecule has 10 heteroatoms. The Kier molecular flexibility index (Phi) is 5.50. The number of thiazole rings is 1. The molecule has 0 aliphatic rings. The summed E-state index contributed by atoms with van der Waals surface area (Å²) in [5.41, 5.74) is 0.266. The zero-order valence-electron chi connectivity index (χ0n) is 14.8. The molecular weight excluding hydrogens is 398 g/mol. The first kappa shape index (κ1) is 20.0. The maximum atomic E-state index is 14.3. The fourth-order valence-electron chi connectivity index (χ4n) is 2.49. The van der Waals surface area contributed by atoms with Gasteiger partial charge in [0, 0.05) is 10.9 Å². The van der Waals surface area contributed by atoms with Crippen molar-refractivity contribution in [3.05, 3.63) is 52.7 Å². The van der Waals surface area contributed by atoms with Crippen molar-refractivity contribution in [2.75, 3.05) is 6.61 Å². The number of esters is 1. The minimum Gasteiger partial charge on any atom is -0.462 e. The van der Waals surface area contributed by atoms with Crippen LogP contribution in [0.25, 0.3) is 16.4 Å². The van der Waals surface area contributed by atoms with Crippen molar-refractivity contribution in [2.24, 2.45) is 0 Å². The van der Waals surface area contributed by atoms with Gasteiger partial charge in [0.05, 0.1) is 18.5 Å². The highest BCUT2D eigenvalue weighted by molar-refractivity contribution is 7.12. The summed E-state index contributed by atoms with van der Waals surface area (Å²) in [6.45, 7) is 3.29. The molecule has 1 aromatic carbocycles. The maximum absolute atomic E-state index is 14.3. The van der Waals surface area contributed by atoms with Crippen molar-refractivity contribution in [3.8, 4) is 16.4 Å². The SMILES string of the molecule is CCOC(=O)c1cnn(-c2nc(-c3ccc(C)cc3)cs2)c1C(F)(F)C(F)F. The molecule has 0 N–H and O–H groups in total. The molecule has 0 radical (unpaired) electrons. The summed E-state index contributed by atoms with van der Waals surface area (Å²) in [5.74, 6) is -5.77. The summed E-state index contributed by atoms with van der Waals surface area (Å²) >= 11 is 0.941. The lowest BCUT2D eigenvalue weighted by Gasteiger charge is -2.17. The molecule has 0 saturated carbocycles. The Morgan fingerprint density at radius 3 is 2.57 bits per heavy atom. The molecule has 0 aliphatic carbocycles. The molecule has 0 fully saturated rings. The van der Waals surface area contributed by atoms with E-state index in [9.17, 15) is 22.4 Å². The predicted molar refractivity (Wildman–Crippen MR) is 95.3 cm³/mol. The second kappa shape index (κ2) is 7.70. The van der Waals surface area contributed by atoms with E-state index in [-0.39, 0.29) is 11.7 Å². The van der Waals surface area contributed by atoms with Gasteiger partial charge in [-0.2, -0.15) is 13.9 Å². The Morgan fingerprint density at radius 1 is 1.29 bits per heavy atom. The van der Waals surface area contributed by atoms with Gasteiger partial charge >= 0.3 is 18.3 Å². The number of carbonyl (C=O) groups is 1. The lowest BCUT2D eigenvalue weighted by atomic mass is 10.1. The standard InChI is InChI=1S/C18H15F4N3O2S/c1-3-27-15(26)12-8-23-25(14(12)18(21,22)16(19)20)17-24-13(9-28-17)11-6-4-10(2)5-7-11/h4-9,16H,3H2,1-2H3. The van der Waals surface area contributed by atoms with Crippen LogP contribution in [0.5, 0.6) is 0 Å². The summed E-state index contributed by atoms with van der Waals surface area (Å²) in [6, 6.07) is 7.32. The van der Waals surface area contributed by atoms with Crippen molar-refractivity contribution in [3.63, 3.8) is 0 Å². The minimum absolute atomic E-state index is 0.0681. The van der Waals surface area contributed by atoms with E-state index >= 15 is 0 Å². The Labute approximate surface area is 161 Å². The number of hydrogen-bond acceptors (Lipinski definition) is 5. The number of halogens is 4. The monoisotopic (exact) mass is 413 g/mol. The van der Waals surface area contributed by atoms with Crippen LogP contribution in [0.2, 0.25) is 0 Å². The van der Waals surface area contributed by atoms with Crippen LogP contribution in [0.3, 0.4) is 0 Å². The molecule has 2 aromatic heterocycles. The highest BCUT2D eigenvalue weighted by Gasteiger charge is 2.49. The van der Waals surface area contributed by atoms with Gasteiger partial charge in [-0.05, 0) is 13.8 Å². The molecule has 0 bridgehead atoms. The Balaban J connectivity index is 2.09. The van der Waals surface area contributed by atoms with Crippen LogP contribution >= 0.6 is 11.3 Å². The van der Waals surface area contributed by atoms with Crippen molar-refractivity contribution < 1.29 is 27.1 Å². The molecule has 28 heavy (non-hydrogen) atoms. The van der Waals surface area contributed by atoms with Crippen LogP contribution < -0.4 is 0 Å². The largest absolute Gasteiger partial charge is 0.462 e. The molecule has 5 nitrogen and oxygen atoms in total. The Hall–Kier alpha value is -2.75. The second-order valence-corrected chi connectivity index (χ2v) is 6.68. The molecule has 148 valence electrons. The molecule has 0 atom stereocenters. The molecule has 0 spiro atoms. The molecule has 2 heterocycles. The van der Waals surface area contributed by atoms with Gasteiger partial charge in [-0.15, -0.1) is 11.3 Å². The van der Waals surface area contributed by atoms with Crippen LogP contribution in [0.15, 0.2) is 35.8 Å². The molecule has 0 aliphatic heterocycles. The summed E-state index contributed by atoms with van der Waals surface area (Å²) < 4.78 is 59.9. The number of aryl methyl sites for hydroxylation is 1.